The average molecular weight is 266 g/mol. The molecule has 0 radical (unpaired) electrons. The van der Waals surface area contributed by atoms with Gasteiger partial charge in [0.05, 0.1) is 0 Å². The Hall–Kier alpha value is -0.0800. The number of rotatable bonds is 3. The second-order valence-corrected chi connectivity index (χ2v) is 7.70. The SMILES string of the molecule is CC(C)CC1CN(C2CC(C)CC(C)C2)CCCN1. The van der Waals surface area contributed by atoms with Gasteiger partial charge in [-0.1, -0.05) is 27.7 Å². The van der Waals surface area contributed by atoms with Crippen molar-refractivity contribution in [3.05, 3.63) is 0 Å². The minimum Gasteiger partial charge on any atom is -0.313 e. The molecule has 2 nitrogen and oxygen atoms in total. The van der Waals surface area contributed by atoms with E-state index in [2.05, 4.69) is 37.9 Å². The maximum Gasteiger partial charge on any atom is 0.0197 e. The highest BCUT2D eigenvalue weighted by Crippen LogP contribution is 2.32. The third kappa shape index (κ3) is 4.75. The normalized spacial score (nSPS) is 38.4. The van der Waals surface area contributed by atoms with Gasteiger partial charge in [0, 0.05) is 18.6 Å². The van der Waals surface area contributed by atoms with E-state index in [1.807, 2.05) is 0 Å². The highest BCUT2D eigenvalue weighted by Gasteiger charge is 2.30. The second-order valence-electron chi connectivity index (χ2n) is 7.70. The number of nitrogens with one attached hydrogen (secondary N) is 1. The monoisotopic (exact) mass is 266 g/mol. The molecule has 2 fully saturated rings. The smallest absolute Gasteiger partial charge is 0.0197 e. The zero-order valence-corrected chi connectivity index (χ0v) is 13.5. The Morgan fingerprint density at radius 1 is 1.11 bits per heavy atom. The van der Waals surface area contributed by atoms with Crippen LogP contribution in [0.4, 0.5) is 0 Å². The molecule has 2 rings (SSSR count). The fraction of sp³-hybridized carbons (Fsp3) is 1.00. The fourth-order valence-electron chi connectivity index (χ4n) is 4.29. The Labute approximate surface area is 120 Å². The van der Waals surface area contributed by atoms with E-state index in [0.717, 1.165) is 29.8 Å². The van der Waals surface area contributed by atoms with Crippen molar-refractivity contribution in [2.75, 3.05) is 19.6 Å². The van der Waals surface area contributed by atoms with Gasteiger partial charge < -0.3 is 5.32 Å². The van der Waals surface area contributed by atoms with Crippen LogP contribution in [0.3, 0.4) is 0 Å². The van der Waals surface area contributed by atoms with Gasteiger partial charge in [0.25, 0.3) is 0 Å². The maximum absolute atomic E-state index is 3.76. The van der Waals surface area contributed by atoms with E-state index in [1.54, 1.807) is 0 Å². The summed E-state index contributed by atoms with van der Waals surface area (Å²) in [7, 11) is 0. The van der Waals surface area contributed by atoms with Crippen LogP contribution in [0.2, 0.25) is 0 Å². The van der Waals surface area contributed by atoms with E-state index in [1.165, 1.54) is 51.7 Å². The first kappa shape index (κ1) is 15.3. The quantitative estimate of drug-likeness (QED) is 0.841. The van der Waals surface area contributed by atoms with Crippen LogP contribution in [0.15, 0.2) is 0 Å². The summed E-state index contributed by atoms with van der Waals surface area (Å²) < 4.78 is 0. The van der Waals surface area contributed by atoms with Crippen molar-refractivity contribution in [2.24, 2.45) is 17.8 Å². The Balaban J connectivity index is 1.93. The maximum atomic E-state index is 3.76. The van der Waals surface area contributed by atoms with Gasteiger partial charge in [-0.15, -0.1) is 0 Å². The zero-order chi connectivity index (χ0) is 13.8. The summed E-state index contributed by atoms with van der Waals surface area (Å²) in [5.41, 5.74) is 0. The number of nitrogens with zero attached hydrogens (tertiary/aromatic N) is 1. The van der Waals surface area contributed by atoms with Crippen LogP contribution in [0, 0.1) is 17.8 Å². The van der Waals surface area contributed by atoms with Crippen LogP contribution >= 0.6 is 0 Å². The molecule has 0 aromatic carbocycles. The first-order valence-electron chi connectivity index (χ1n) is 8.52. The summed E-state index contributed by atoms with van der Waals surface area (Å²) in [5, 5.41) is 3.76. The van der Waals surface area contributed by atoms with Crippen LogP contribution in [-0.2, 0) is 0 Å². The molecular formula is C17H34N2. The highest BCUT2D eigenvalue weighted by atomic mass is 15.2. The summed E-state index contributed by atoms with van der Waals surface area (Å²) in [4.78, 5) is 2.82. The van der Waals surface area contributed by atoms with Gasteiger partial charge in [-0.05, 0) is 62.9 Å². The molecule has 1 aliphatic carbocycles. The van der Waals surface area contributed by atoms with Gasteiger partial charge in [0.2, 0.25) is 0 Å². The van der Waals surface area contributed by atoms with Gasteiger partial charge in [0.1, 0.15) is 0 Å². The predicted octanol–water partition coefficient (Wildman–Crippen LogP) is 3.52. The van der Waals surface area contributed by atoms with E-state index in [0.29, 0.717) is 0 Å². The van der Waals surface area contributed by atoms with Gasteiger partial charge in [-0.3, -0.25) is 4.90 Å². The molecule has 1 saturated carbocycles. The van der Waals surface area contributed by atoms with Crippen molar-refractivity contribution < 1.29 is 0 Å². The molecule has 0 aromatic heterocycles. The molecule has 112 valence electrons. The molecule has 0 bridgehead atoms. The van der Waals surface area contributed by atoms with Gasteiger partial charge in [0.15, 0.2) is 0 Å². The lowest BCUT2D eigenvalue weighted by atomic mass is 9.79. The molecule has 1 saturated heterocycles. The van der Waals surface area contributed by atoms with Gasteiger partial charge in [-0.2, -0.15) is 0 Å². The molecule has 3 unspecified atom stereocenters. The van der Waals surface area contributed by atoms with Crippen molar-refractivity contribution in [3.63, 3.8) is 0 Å². The third-order valence-corrected chi connectivity index (χ3v) is 4.94. The van der Waals surface area contributed by atoms with Crippen LogP contribution in [0.5, 0.6) is 0 Å². The molecule has 1 aliphatic heterocycles. The number of hydrogen-bond acceptors (Lipinski definition) is 2. The van der Waals surface area contributed by atoms with Crippen molar-refractivity contribution in [3.8, 4) is 0 Å². The predicted molar refractivity (Wildman–Crippen MR) is 83.4 cm³/mol. The molecular weight excluding hydrogens is 232 g/mol. The summed E-state index contributed by atoms with van der Waals surface area (Å²) in [6, 6.07) is 1.57. The molecule has 0 amide bonds. The summed E-state index contributed by atoms with van der Waals surface area (Å²) in [6.45, 7) is 13.4. The Kier molecular flexibility index (Phi) is 5.70. The van der Waals surface area contributed by atoms with Crippen molar-refractivity contribution >= 4 is 0 Å². The largest absolute Gasteiger partial charge is 0.313 e. The Bertz CT molecular complexity index is 254. The van der Waals surface area contributed by atoms with Crippen LogP contribution in [0.25, 0.3) is 0 Å². The topological polar surface area (TPSA) is 15.3 Å². The van der Waals surface area contributed by atoms with Gasteiger partial charge in [-0.25, -0.2) is 0 Å². The summed E-state index contributed by atoms with van der Waals surface area (Å²) in [5.74, 6) is 2.66. The lowest BCUT2D eigenvalue weighted by molar-refractivity contribution is 0.105. The Morgan fingerprint density at radius 2 is 1.79 bits per heavy atom. The second kappa shape index (κ2) is 7.08. The summed E-state index contributed by atoms with van der Waals surface area (Å²) in [6.07, 6.45) is 6.96. The van der Waals surface area contributed by atoms with Crippen LogP contribution in [-0.4, -0.2) is 36.6 Å². The zero-order valence-electron chi connectivity index (χ0n) is 13.5. The van der Waals surface area contributed by atoms with E-state index >= 15 is 0 Å². The molecule has 0 aromatic rings. The molecule has 1 N–H and O–H groups in total. The standard InChI is InChI=1S/C17H34N2/c1-13(2)8-16-12-19(7-5-6-18-16)17-10-14(3)9-15(4)11-17/h13-18H,5-12H2,1-4H3. The van der Waals surface area contributed by atoms with Crippen LogP contribution in [0.1, 0.15) is 59.8 Å². The first-order chi connectivity index (χ1) is 9.04. The average Bonchev–Trinajstić information content (AvgIpc) is 2.52. The fourth-order valence-corrected chi connectivity index (χ4v) is 4.29. The molecule has 2 heteroatoms. The van der Waals surface area contributed by atoms with Crippen molar-refractivity contribution in [1.29, 1.82) is 0 Å². The lowest BCUT2D eigenvalue weighted by Gasteiger charge is -2.40. The van der Waals surface area contributed by atoms with Gasteiger partial charge >= 0.3 is 0 Å². The summed E-state index contributed by atoms with van der Waals surface area (Å²) >= 11 is 0. The van der Waals surface area contributed by atoms with E-state index < -0.39 is 0 Å². The molecule has 19 heavy (non-hydrogen) atoms. The third-order valence-electron chi connectivity index (χ3n) is 4.94. The number of hydrogen-bond donors (Lipinski definition) is 1. The molecule has 1 heterocycles. The minimum absolute atomic E-state index is 0.718. The van der Waals surface area contributed by atoms with E-state index in [9.17, 15) is 0 Å². The lowest BCUT2D eigenvalue weighted by Crippen LogP contribution is -2.45. The van der Waals surface area contributed by atoms with Crippen molar-refractivity contribution in [1.82, 2.24) is 10.2 Å². The minimum atomic E-state index is 0.718. The molecule has 0 spiro atoms. The highest BCUT2D eigenvalue weighted by molar-refractivity contribution is 4.86. The van der Waals surface area contributed by atoms with Crippen molar-refractivity contribution in [2.45, 2.75) is 71.9 Å². The Morgan fingerprint density at radius 3 is 2.42 bits per heavy atom. The molecule has 2 aliphatic rings. The van der Waals surface area contributed by atoms with E-state index in [-0.39, 0.29) is 0 Å². The van der Waals surface area contributed by atoms with E-state index in [4.69, 9.17) is 0 Å². The van der Waals surface area contributed by atoms with Crippen LogP contribution < -0.4 is 5.32 Å². The first-order valence-corrected chi connectivity index (χ1v) is 8.52. The molecule has 3 atom stereocenters.